The van der Waals surface area contributed by atoms with Crippen LogP contribution in [0.25, 0.3) is 5.69 Å². The number of hydrogen-bond donors (Lipinski definition) is 4. The zero-order chi connectivity index (χ0) is 19.7. The van der Waals surface area contributed by atoms with Gasteiger partial charge in [-0.2, -0.15) is 20.0 Å². The fraction of sp³-hybridized carbons (Fsp3) is 0.278. The second-order valence-corrected chi connectivity index (χ2v) is 6.91. The summed E-state index contributed by atoms with van der Waals surface area (Å²) in [4.78, 5) is 21.9. The van der Waals surface area contributed by atoms with Crippen LogP contribution in [0.3, 0.4) is 0 Å². The molecule has 1 amide bonds. The van der Waals surface area contributed by atoms with E-state index in [1.807, 2.05) is 31.2 Å². The number of carbonyl (C=O) groups is 1. The maximum absolute atomic E-state index is 11.8. The van der Waals surface area contributed by atoms with Gasteiger partial charge in [0.25, 0.3) is 5.91 Å². The summed E-state index contributed by atoms with van der Waals surface area (Å²) in [6, 6.07) is 7.40. The van der Waals surface area contributed by atoms with Crippen LogP contribution in [0.15, 0.2) is 42.9 Å². The minimum atomic E-state index is -0.621. The molecule has 10 heteroatoms. The van der Waals surface area contributed by atoms with Gasteiger partial charge in [-0.3, -0.25) is 4.79 Å². The molecule has 4 rings (SSSR count). The molecule has 0 aliphatic heterocycles. The highest BCUT2D eigenvalue weighted by molar-refractivity contribution is 5.98. The summed E-state index contributed by atoms with van der Waals surface area (Å²) in [7, 11) is 0. The lowest BCUT2D eigenvalue weighted by molar-refractivity contribution is 0.100. The van der Waals surface area contributed by atoms with Gasteiger partial charge in [-0.05, 0) is 38.0 Å². The van der Waals surface area contributed by atoms with E-state index in [1.54, 1.807) is 12.4 Å². The van der Waals surface area contributed by atoms with Crippen molar-refractivity contribution in [2.24, 2.45) is 11.5 Å². The fourth-order valence-corrected chi connectivity index (χ4v) is 2.84. The van der Waals surface area contributed by atoms with E-state index in [9.17, 15) is 4.79 Å². The molecule has 3 aromatic rings. The van der Waals surface area contributed by atoms with Crippen molar-refractivity contribution in [3.63, 3.8) is 0 Å². The molecule has 6 N–H and O–H groups in total. The highest BCUT2D eigenvalue weighted by atomic mass is 16.1. The summed E-state index contributed by atoms with van der Waals surface area (Å²) in [6.07, 6.45) is 6.51. The van der Waals surface area contributed by atoms with Gasteiger partial charge in [-0.25, -0.2) is 4.98 Å². The number of anilines is 3. The van der Waals surface area contributed by atoms with E-state index in [4.69, 9.17) is 11.5 Å². The van der Waals surface area contributed by atoms with Gasteiger partial charge in [0.2, 0.25) is 5.95 Å². The van der Waals surface area contributed by atoms with E-state index in [1.165, 1.54) is 11.0 Å². The van der Waals surface area contributed by atoms with Crippen LogP contribution >= 0.6 is 0 Å². The lowest BCUT2D eigenvalue weighted by Gasteiger charge is -2.21. The molecule has 1 aliphatic rings. The first-order chi connectivity index (χ1) is 13.4. The Morgan fingerprint density at radius 3 is 2.71 bits per heavy atom. The van der Waals surface area contributed by atoms with Crippen molar-refractivity contribution < 1.29 is 4.79 Å². The number of primary amides is 1. The van der Waals surface area contributed by atoms with Crippen LogP contribution in [-0.4, -0.2) is 42.4 Å². The number of nitrogens with one attached hydrogen (secondary N) is 2. The van der Waals surface area contributed by atoms with Gasteiger partial charge in [0, 0.05) is 23.5 Å². The Morgan fingerprint density at radius 1 is 1.29 bits per heavy atom. The largest absolute Gasteiger partial charge is 0.365 e. The second-order valence-electron chi connectivity index (χ2n) is 6.91. The predicted octanol–water partition coefficient (Wildman–Crippen LogP) is 1.19. The number of nitrogens with zero attached hydrogens (tertiary/aromatic N) is 5. The number of aromatic nitrogens is 5. The molecular weight excluding hydrogens is 358 g/mol. The molecule has 28 heavy (non-hydrogen) atoms. The molecule has 2 aromatic heterocycles. The summed E-state index contributed by atoms with van der Waals surface area (Å²) < 4.78 is 0. The van der Waals surface area contributed by atoms with Crippen molar-refractivity contribution in [2.45, 2.75) is 31.3 Å². The second kappa shape index (κ2) is 6.89. The number of amides is 1. The molecule has 0 saturated heterocycles. The molecule has 0 bridgehead atoms. The van der Waals surface area contributed by atoms with Crippen LogP contribution in [0.5, 0.6) is 0 Å². The Morgan fingerprint density at radius 2 is 2.04 bits per heavy atom. The van der Waals surface area contributed by atoms with Crippen LogP contribution in [-0.2, 0) is 0 Å². The summed E-state index contributed by atoms with van der Waals surface area (Å²) in [5.74, 6) is 0.0655. The third kappa shape index (κ3) is 3.62. The fourth-order valence-electron chi connectivity index (χ4n) is 2.84. The standard InChI is InChI=1S/C18H21N9O/c1-11(18(20)5-6-18)24-17-21-10-14(15(19)28)16(26-17)25-12-3-2-4-13(9-12)27-22-7-8-23-27/h2-4,7-11H,5-6,20H2,1H3,(H2,19,28)(H2,21,24,25,26)/t11-/m0/s1. The average Bonchev–Trinajstić information content (AvgIpc) is 3.19. The molecule has 2 heterocycles. The Balaban J connectivity index is 1.61. The van der Waals surface area contributed by atoms with Crippen LogP contribution in [0.4, 0.5) is 17.5 Å². The molecule has 1 fully saturated rings. The van der Waals surface area contributed by atoms with E-state index in [-0.39, 0.29) is 17.1 Å². The summed E-state index contributed by atoms with van der Waals surface area (Å²) >= 11 is 0. The SMILES string of the molecule is C[C@H](Nc1ncc(C(N)=O)c(Nc2cccc(-n3nccn3)c2)n1)C1(N)CC1. The normalized spacial score (nSPS) is 15.6. The van der Waals surface area contributed by atoms with Crippen LogP contribution in [0.1, 0.15) is 30.1 Å². The van der Waals surface area contributed by atoms with E-state index in [2.05, 4.69) is 30.8 Å². The zero-order valence-corrected chi connectivity index (χ0v) is 15.3. The van der Waals surface area contributed by atoms with Crippen molar-refractivity contribution in [2.75, 3.05) is 10.6 Å². The highest BCUT2D eigenvalue weighted by Gasteiger charge is 2.43. The monoisotopic (exact) mass is 379 g/mol. The molecule has 144 valence electrons. The number of nitrogens with two attached hydrogens (primary N) is 2. The van der Waals surface area contributed by atoms with E-state index >= 15 is 0 Å². The summed E-state index contributed by atoms with van der Waals surface area (Å²) in [5, 5.41) is 14.6. The maximum atomic E-state index is 11.8. The van der Waals surface area contributed by atoms with Gasteiger partial charge in [-0.1, -0.05) is 6.07 Å². The van der Waals surface area contributed by atoms with E-state index in [0.29, 0.717) is 17.5 Å². The van der Waals surface area contributed by atoms with E-state index in [0.717, 1.165) is 18.5 Å². The van der Waals surface area contributed by atoms with Gasteiger partial charge < -0.3 is 22.1 Å². The third-order valence-corrected chi connectivity index (χ3v) is 4.85. The zero-order valence-electron chi connectivity index (χ0n) is 15.3. The maximum Gasteiger partial charge on any atom is 0.254 e. The van der Waals surface area contributed by atoms with Gasteiger partial charge in [-0.15, -0.1) is 0 Å². The van der Waals surface area contributed by atoms with Crippen molar-refractivity contribution in [1.82, 2.24) is 25.0 Å². The van der Waals surface area contributed by atoms with Crippen molar-refractivity contribution in [3.8, 4) is 5.69 Å². The molecule has 0 unspecified atom stereocenters. The van der Waals surface area contributed by atoms with Crippen molar-refractivity contribution in [1.29, 1.82) is 0 Å². The predicted molar refractivity (Wildman–Crippen MR) is 104 cm³/mol. The first kappa shape index (κ1) is 17.9. The molecule has 10 nitrogen and oxygen atoms in total. The highest BCUT2D eigenvalue weighted by Crippen LogP contribution is 2.36. The number of rotatable bonds is 7. The lowest BCUT2D eigenvalue weighted by Crippen LogP contribution is -2.40. The Bertz CT molecular complexity index is 998. The molecular formula is C18H21N9O. The molecule has 1 atom stereocenters. The first-order valence-electron chi connectivity index (χ1n) is 8.91. The lowest BCUT2D eigenvalue weighted by atomic mass is 10.1. The van der Waals surface area contributed by atoms with Gasteiger partial charge in [0.1, 0.15) is 11.4 Å². The average molecular weight is 379 g/mol. The minimum Gasteiger partial charge on any atom is -0.365 e. The van der Waals surface area contributed by atoms with Crippen molar-refractivity contribution >= 4 is 23.4 Å². The quantitative estimate of drug-likeness (QED) is 0.478. The Kier molecular flexibility index (Phi) is 4.40. The Labute approximate surface area is 161 Å². The van der Waals surface area contributed by atoms with Gasteiger partial charge in [0.05, 0.1) is 18.1 Å². The smallest absolute Gasteiger partial charge is 0.254 e. The first-order valence-corrected chi connectivity index (χ1v) is 8.91. The third-order valence-electron chi connectivity index (χ3n) is 4.85. The summed E-state index contributed by atoms with van der Waals surface area (Å²) in [6.45, 7) is 1.99. The number of benzene rings is 1. The Hall–Kier alpha value is -3.53. The topological polar surface area (TPSA) is 150 Å². The molecule has 0 radical (unpaired) electrons. The molecule has 1 aromatic carbocycles. The van der Waals surface area contributed by atoms with Crippen LogP contribution in [0.2, 0.25) is 0 Å². The van der Waals surface area contributed by atoms with Crippen LogP contribution < -0.4 is 22.1 Å². The molecule has 0 spiro atoms. The molecule has 1 saturated carbocycles. The number of carbonyl (C=O) groups excluding carboxylic acids is 1. The van der Waals surface area contributed by atoms with Gasteiger partial charge >= 0.3 is 0 Å². The van der Waals surface area contributed by atoms with Crippen LogP contribution in [0, 0.1) is 0 Å². The van der Waals surface area contributed by atoms with E-state index < -0.39 is 5.91 Å². The number of hydrogen-bond acceptors (Lipinski definition) is 8. The molecule has 1 aliphatic carbocycles. The summed E-state index contributed by atoms with van der Waals surface area (Å²) in [5.41, 5.74) is 13.1. The van der Waals surface area contributed by atoms with Gasteiger partial charge in [0.15, 0.2) is 0 Å². The van der Waals surface area contributed by atoms with Crippen molar-refractivity contribution in [3.05, 3.63) is 48.4 Å². The minimum absolute atomic E-state index is 0.00833.